The zero-order chi connectivity index (χ0) is 18.7. The number of fused-ring (bicyclic) bond motifs is 1. The van der Waals surface area contributed by atoms with Crippen molar-refractivity contribution >= 4 is 28.5 Å². The van der Waals surface area contributed by atoms with E-state index < -0.39 is 0 Å². The van der Waals surface area contributed by atoms with Gasteiger partial charge in [-0.2, -0.15) is 0 Å². The lowest BCUT2D eigenvalue weighted by Crippen LogP contribution is -2.33. The molecule has 3 aromatic rings. The quantitative estimate of drug-likeness (QED) is 0.687. The number of hydrogen-bond donors (Lipinski definition) is 1. The number of likely N-dealkylation sites (N-methyl/N-ethyl adjacent to an activating group) is 1. The van der Waals surface area contributed by atoms with Gasteiger partial charge in [-0.05, 0) is 36.5 Å². The molecule has 0 atom stereocenters. The van der Waals surface area contributed by atoms with Gasteiger partial charge >= 0.3 is 0 Å². The van der Waals surface area contributed by atoms with E-state index in [1.165, 1.54) is 11.5 Å². The van der Waals surface area contributed by atoms with Crippen LogP contribution in [0.3, 0.4) is 0 Å². The Morgan fingerprint density at radius 2 is 2.19 bits per heavy atom. The fourth-order valence-corrected chi connectivity index (χ4v) is 3.59. The van der Waals surface area contributed by atoms with Crippen molar-refractivity contribution in [1.29, 1.82) is 0 Å². The number of ether oxygens (including phenoxy) is 1. The number of imidazole rings is 1. The van der Waals surface area contributed by atoms with Crippen LogP contribution < -0.4 is 4.74 Å². The minimum atomic E-state index is -0.0102. The normalized spacial score (nSPS) is 11.3. The van der Waals surface area contributed by atoms with Crippen molar-refractivity contribution in [2.45, 2.75) is 33.1 Å². The number of carbonyl (C=O) groups excluding carboxylic acids is 1. The second kappa shape index (κ2) is 7.82. The van der Waals surface area contributed by atoms with E-state index >= 15 is 0 Å². The van der Waals surface area contributed by atoms with Crippen molar-refractivity contribution in [3.63, 3.8) is 0 Å². The number of benzene rings is 1. The molecule has 26 heavy (non-hydrogen) atoms. The molecule has 0 bridgehead atoms. The van der Waals surface area contributed by atoms with Crippen LogP contribution in [0.4, 0.5) is 0 Å². The van der Waals surface area contributed by atoms with Gasteiger partial charge in [-0.15, -0.1) is 5.10 Å². The summed E-state index contributed by atoms with van der Waals surface area (Å²) in [5.41, 5.74) is 2.60. The van der Waals surface area contributed by atoms with Crippen LogP contribution in [0.1, 0.15) is 47.9 Å². The molecule has 0 radical (unpaired) electrons. The Morgan fingerprint density at radius 3 is 2.88 bits per heavy atom. The second-order valence-corrected chi connectivity index (χ2v) is 7.10. The van der Waals surface area contributed by atoms with Crippen molar-refractivity contribution in [3.8, 4) is 5.75 Å². The zero-order valence-corrected chi connectivity index (χ0v) is 16.3. The summed E-state index contributed by atoms with van der Waals surface area (Å²) in [4.78, 5) is 23.2. The number of nitrogens with zero attached hydrogens (tertiary/aromatic N) is 4. The average molecular weight is 373 g/mol. The molecule has 0 unspecified atom stereocenters. The van der Waals surface area contributed by atoms with Crippen molar-refractivity contribution in [1.82, 2.24) is 24.5 Å². The van der Waals surface area contributed by atoms with E-state index in [2.05, 4.69) is 19.6 Å². The summed E-state index contributed by atoms with van der Waals surface area (Å²) in [5.74, 6) is 1.81. The maximum atomic E-state index is 12.8. The molecule has 1 aromatic carbocycles. The monoisotopic (exact) mass is 373 g/mol. The van der Waals surface area contributed by atoms with Crippen LogP contribution in [0.15, 0.2) is 18.2 Å². The molecule has 1 amide bonds. The van der Waals surface area contributed by atoms with Gasteiger partial charge in [0.25, 0.3) is 5.91 Å². The first-order chi connectivity index (χ1) is 12.5. The van der Waals surface area contributed by atoms with Gasteiger partial charge in [-0.1, -0.05) is 18.3 Å². The maximum Gasteiger partial charge on any atom is 0.267 e. The summed E-state index contributed by atoms with van der Waals surface area (Å²) in [7, 11) is 1.64. The summed E-state index contributed by atoms with van der Waals surface area (Å²) in [6, 6.07) is 5.74. The van der Waals surface area contributed by atoms with E-state index in [0.29, 0.717) is 24.4 Å². The number of rotatable bonds is 7. The largest absolute Gasteiger partial charge is 0.497 e. The second-order valence-electron chi connectivity index (χ2n) is 6.34. The fraction of sp³-hybridized carbons (Fsp3) is 0.444. The molecule has 0 saturated carbocycles. The Hall–Kier alpha value is -2.48. The molecule has 2 heterocycles. The molecule has 7 nitrogen and oxygen atoms in total. The molecule has 2 aromatic heterocycles. The van der Waals surface area contributed by atoms with E-state index in [1.807, 2.05) is 43.9 Å². The molecule has 1 N–H and O–H groups in total. The summed E-state index contributed by atoms with van der Waals surface area (Å²) in [5, 5.41) is 4.11. The SMILES string of the molecule is CCN(CCc1nc2ccc(OC)cc2[nH]1)C(=O)c1snnc1C(C)C. The Bertz CT molecular complexity index is 902. The van der Waals surface area contributed by atoms with E-state index in [9.17, 15) is 4.79 Å². The summed E-state index contributed by atoms with van der Waals surface area (Å²) in [6.45, 7) is 7.23. The molecule has 0 saturated heterocycles. The first kappa shape index (κ1) is 18.3. The van der Waals surface area contributed by atoms with Crippen LogP contribution in [0.25, 0.3) is 11.0 Å². The summed E-state index contributed by atoms with van der Waals surface area (Å²) in [6.07, 6.45) is 0.653. The molecular weight excluding hydrogens is 350 g/mol. The number of carbonyl (C=O) groups is 1. The number of H-pyrrole nitrogens is 1. The van der Waals surface area contributed by atoms with Crippen molar-refractivity contribution in [2.75, 3.05) is 20.2 Å². The van der Waals surface area contributed by atoms with Gasteiger partial charge in [0.1, 0.15) is 16.5 Å². The van der Waals surface area contributed by atoms with Gasteiger partial charge in [-0.25, -0.2) is 4.98 Å². The highest BCUT2D eigenvalue weighted by Crippen LogP contribution is 2.22. The van der Waals surface area contributed by atoms with Crippen molar-refractivity contribution < 1.29 is 9.53 Å². The van der Waals surface area contributed by atoms with Crippen LogP contribution in [0, 0.1) is 0 Å². The van der Waals surface area contributed by atoms with Gasteiger partial charge in [0, 0.05) is 25.6 Å². The molecule has 0 spiro atoms. The molecule has 0 aliphatic heterocycles. The molecule has 0 aliphatic rings. The fourth-order valence-electron chi connectivity index (χ4n) is 2.80. The standard InChI is InChI=1S/C18H23N5O2S/c1-5-23(18(24)17-16(11(2)3)21-22-26-17)9-8-15-19-13-7-6-12(25-4)10-14(13)20-15/h6-7,10-11H,5,8-9H2,1-4H3,(H,19,20). The Balaban J connectivity index is 1.72. The number of hydrogen-bond acceptors (Lipinski definition) is 6. The highest BCUT2D eigenvalue weighted by atomic mass is 32.1. The van der Waals surface area contributed by atoms with E-state index in [0.717, 1.165) is 28.3 Å². The molecule has 0 fully saturated rings. The van der Waals surface area contributed by atoms with Crippen LogP contribution in [-0.4, -0.2) is 50.6 Å². The number of aromatic amines is 1. The van der Waals surface area contributed by atoms with E-state index in [-0.39, 0.29) is 11.8 Å². The molecule has 8 heteroatoms. The summed E-state index contributed by atoms with van der Waals surface area (Å²) < 4.78 is 9.20. The minimum Gasteiger partial charge on any atom is -0.497 e. The van der Waals surface area contributed by atoms with Gasteiger partial charge < -0.3 is 14.6 Å². The first-order valence-electron chi connectivity index (χ1n) is 8.67. The Labute approximate surface area is 156 Å². The minimum absolute atomic E-state index is 0.0102. The number of aromatic nitrogens is 4. The smallest absolute Gasteiger partial charge is 0.267 e. The average Bonchev–Trinajstić information content (AvgIpc) is 3.27. The van der Waals surface area contributed by atoms with Gasteiger partial charge in [-0.3, -0.25) is 4.79 Å². The zero-order valence-electron chi connectivity index (χ0n) is 15.4. The van der Waals surface area contributed by atoms with Crippen LogP contribution >= 0.6 is 11.5 Å². The third-order valence-electron chi connectivity index (χ3n) is 4.28. The molecule has 138 valence electrons. The topological polar surface area (TPSA) is 84.0 Å². The van der Waals surface area contributed by atoms with E-state index in [4.69, 9.17) is 4.74 Å². The van der Waals surface area contributed by atoms with Crippen LogP contribution in [0.2, 0.25) is 0 Å². The van der Waals surface area contributed by atoms with Crippen molar-refractivity contribution in [3.05, 3.63) is 34.6 Å². The van der Waals surface area contributed by atoms with Crippen molar-refractivity contribution in [2.24, 2.45) is 0 Å². The lowest BCUT2D eigenvalue weighted by atomic mass is 10.1. The Morgan fingerprint density at radius 1 is 1.38 bits per heavy atom. The maximum absolute atomic E-state index is 12.8. The number of amides is 1. The van der Waals surface area contributed by atoms with Gasteiger partial charge in [0.05, 0.1) is 23.8 Å². The molecule has 3 rings (SSSR count). The lowest BCUT2D eigenvalue weighted by Gasteiger charge is -2.20. The number of nitrogens with one attached hydrogen (secondary N) is 1. The lowest BCUT2D eigenvalue weighted by molar-refractivity contribution is 0.0768. The predicted octanol–water partition coefficient (Wildman–Crippen LogP) is 3.25. The predicted molar refractivity (Wildman–Crippen MR) is 102 cm³/mol. The summed E-state index contributed by atoms with van der Waals surface area (Å²) >= 11 is 1.17. The molecule has 0 aliphatic carbocycles. The number of methoxy groups -OCH3 is 1. The first-order valence-corrected chi connectivity index (χ1v) is 9.45. The third-order valence-corrected chi connectivity index (χ3v) is 5.01. The third kappa shape index (κ3) is 3.70. The highest BCUT2D eigenvalue weighted by molar-refractivity contribution is 7.08. The van der Waals surface area contributed by atoms with E-state index in [1.54, 1.807) is 7.11 Å². The van der Waals surface area contributed by atoms with Crippen LogP contribution in [0.5, 0.6) is 5.75 Å². The molecular formula is C18H23N5O2S. The van der Waals surface area contributed by atoms with Gasteiger partial charge in [0.15, 0.2) is 0 Å². The van der Waals surface area contributed by atoms with Gasteiger partial charge in [0.2, 0.25) is 0 Å². The highest BCUT2D eigenvalue weighted by Gasteiger charge is 2.23. The Kier molecular flexibility index (Phi) is 5.51. The van der Waals surface area contributed by atoms with Crippen LogP contribution in [-0.2, 0) is 6.42 Å².